The molecule has 0 bridgehead atoms. The maximum absolute atomic E-state index is 12.6. The molecule has 4 rings (SSSR count). The van der Waals surface area contributed by atoms with Gasteiger partial charge in [0.05, 0.1) is 24.1 Å². The Morgan fingerprint density at radius 2 is 2.00 bits per heavy atom. The number of fused-ring (bicyclic) bond motifs is 4. The second kappa shape index (κ2) is 4.26. The molecule has 0 aromatic heterocycles. The molecule has 0 aromatic rings. The topological polar surface area (TPSA) is 55.8 Å². The molecule has 6 atom stereocenters. The molecule has 4 fully saturated rings. The summed E-state index contributed by atoms with van der Waals surface area (Å²) in [6.07, 6.45) is 3.11. The molecule has 0 radical (unpaired) electrons. The van der Waals surface area contributed by atoms with E-state index < -0.39 is 11.9 Å². The highest BCUT2D eigenvalue weighted by Crippen LogP contribution is 2.61. The number of ketones is 1. The molecule has 106 valence electrons. The van der Waals surface area contributed by atoms with Crippen LogP contribution in [0.4, 0.5) is 0 Å². The summed E-state index contributed by atoms with van der Waals surface area (Å²) in [6, 6.07) is 0. The first-order valence-electron chi connectivity index (χ1n) is 7.29. The highest BCUT2D eigenvalue weighted by Gasteiger charge is 2.68. The van der Waals surface area contributed by atoms with Crippen LogP contribution < -0.4 is 0 Å². The summed E-state index contributed by atoms with van der Waals surface area (Å²) in [6.45, 7) is 1.22. The highest BCUT2D eigenvalue weighted by atomic mass is 79.9. The van der Waals surface area contributed by atoms with Crippen molar-refractivity contribution in [2.24, 2.45) is 23.7 Å². The number of aliphatic hydroxyl groups is 1. The molecule has 1 N–H and O–H groups in total. The van der Waals surface area contributed by atoms with E-state index in [0.717, 1.165) is 25.7 Å². The van der Waals surface area contributed by atoms with E-state index in [-0.39, 0.29) is 34.3 Å². The zero-order chi connectivity index (χ0) is 13.2. The molecule has 4 nitrogen and oxygen atoms in total. The molecule has 1 saturated heterocycles. The number of halogens is 1. The maximum Gasteiger partial charge on any atom is 0.184 e. The van der Waals surface area contributed by atoms with E-state index in [4.69, 9.17) is 9.47 Å². The van der Waals surface area contributed by atoms with Crippen LogP contribution in [0.15, 0.2) is 0 Å². The van der Waals surface area contributed by atoms with Crippen LogP contribution in [0.25, 0.3) is 0 Å². The van der Waals surface area contributed by atoms with Crippen molar-refractivity contribution in [1.82, 2.24) is 0 Å². The first-order chi connectivity index (χ1) is 9.15. The molecule has 1 heterocycles. The first kappa shape index (κ1) is 12.7. The lowest BCUT2D eigenvalue weighted by molar-refractivity contribution is -0.193. The van der Waals surface area contributed by atoms with Crippen LogP contribution in [-0.2, 0) is 14.3 Å². The quantitative estimate of drug-likeness (QED) is 0.684. The Kier molecular flexibility index (Phi) is 2.86. The van der Waals surface area contributed by atoms with E-state index in [1.54, 1.807) is 0 Å². The number of alkyl halides is 1. The lowest BCUT2D eigenvalue weighted by Gasteiger charge is -2.39. The Balaban J connectivity index is 1.74. The summed E-state index contributed by atoms with van der Waals surface area (Å²) >= 11 is 3.67. The predicted molar refractivity (Wildman–Crippen MR) is 70.8 cm³/mol. The minimum absolute atomic E-state index is 0.00484. The number of rotatable bonds is 0. The Labute approximate surface area is 121 Å². The van der Waals surface area contributed by atoms with E-state index in [2.05, 4.69) is 15.9 Å². The van der Waals surface area contributed by atoms with Gasteiger partial charge in [-0.3, -0.25) is 4.79 Å². The van der Waals surface area contributed by atoms with Crippen molar-refractivity contribution in [3.8, 4) is 0 Å². The van der Waals surface area contributed by atoms with Crippen LogP contribution >= 0.6 is 15.9 Å². The second-order valence-corrected chi connectivity index (χ2v) is 7.45. The molecule has 19 heavy (non-hydrogen) atoms. The molecule has 1 spiro atoms. The molecule has 3 aliphatic carbocycles. The third-order valence-corrected chi connectivity index (χ3v) is 6.61. The molecule has 0 amide bonds. The van der Waals surface area contributed by atoms with Gasteiger partial charge < -0.3 is 14.6 Å². The monoisotopic (exact) mass is 330 g/mol. The molecular weight excluding hydrogens is 312 g/mol. The fraction of sp³-hybridized carbons (Fsp3) is 0.929. The minimum Gasteiger partial charge on any atom is -0.392 e. The smallest absolute Gasteiger partial charge is 0.184 e. The van der Waals surface area contributed by atoms with Gasteiger partial charge in [0, 0.05) is 17.8 Å². The number of aliphatic hydroxyl groups excluding tert-OH is 1. The Bertz CT molecular complexity index is 406. The number of hydrogen-bond donors (Lipinski definition) is 1. The molecule has 0 aromatic carbocycles. The number of carbonyl (C=O) groups excluding carboxylic acids is 1. The summed E-state index contributed by atoms with van der Waals surface area (Å²) in [5.41, 5.74) is 0. The van der Waals surface area contributed by atoms with Crippen LogP contribution in [0.1, 0.15) is 25.7 Å². The minimum atomic E-state index is -0.614. The SMILES string of the molecule is O=C1C2C(O)CCCC2[C@H]2[C@@H]1CC(Br)C21OCCO1. The van der Waals surface area contributed by atoms with Gasteiger partial charge in [0.25, 0.3) is 0 Å². The predicted octanol–water partition coefficient (Wildman–Crippen LogP) is 1.49. The van der Waals surface area contributed by atoms with Gasteiger partial charge in [0.15, 0.2) is 5.79 Å². The number of hydrogen-bond acceptors (Lipinski definition) is 4. The van der Waals surface area contributed by atoms with Crippen LogP contribution in [0, 0.1) is 23.7 Å². The van der Waals surface area contributed by atoms with Crippen molar-refractivity contribution in [3.05, 3.63) is 0 Å². The third-order valence-electron chi connectivity index (χ3n) is 5.60. The molecule has 4 unspecified atom stereocenters. The second-order valence-electron chi connectivity index (χ2n) is 6.34. The average Bonchev–Trinajstić information content (AvgIpc) is 3.03. The average molecular weight is 331 g/mol. The lowest BCUT2D eigenvalue weighted by atomic mass is 9.74. The van der Waals surface area contributed by atoms with Gasteiger partial charge in [0.1, 0.15) is 5.78 Å². The summed E-state index contributed by atoms with van der Waals surface area (Å²) in [7, 11) is 0. The van der Waals surface area contributed by atoms with Crippen molar-refractivity contribution in [1.29, 1.82) is 0 Å². The molecule has 4 aliphatic rings. The summed E-state index contributed by atoms with van der Waals surface area (Å²) in [4.78, 5) is 12.7. The van der Waals surface area contributed by atoms with E-state index in [9.17, 15) is 9.90 Å². The largest absolute Gasteiger partial charge is 0.392 e. The standard InChI is InChI=1S/C14H19BrO4/c15-10-6-8-12(14(10)18-4-5-19-14)7-2-1-3-9(16)11(7)13(8)17/h7-12,16H,1-6H2/t7?,8-,9?,10?,11?,12-/m0/s1. The normalized spacial score (nSPS) is 51.6. The highest BCUT2D eigenvalue weighted by molar-refractivity contribution is 9.09. The fourth-order valence-electron chi connectivity index (χ4n) is 4.99. The summed E-state index contributed by atoms with van der Waals surface area (Å²) < 4.78 is 11.9. The van der Waals surface area contributed by atoms with E-state index in [1.165, 1.54) is 0 Å². The maximum atomic E-state index is 12.6. The van der Waals surface area contributed by atoms with Gasteiger partial charge in [-0.1, -0.05) is 22.4 Å². The van der Waals surface area contributed by atoms with Crippen molar-refractivity contribution in [2.45, 2.75) is 42.4 Å². The van der Waals surface area contributed by atoms with Crippen molar-refractivity contribution < 1.29 is 19.4 Å². The zero-order valence-electron chi connectivity index (χ0n) is 10.8. The zero-order valence-corrected chi connectivity index (χ0v) is 12.3. The van der Waals surface area contributed by atoms with Gasteiger partial charge >= 0.3 is 0 Å². The van der Waals surface area contributed by atoms with Crippen molar-refractivity contribution in [2.75, 3.05) is 13.2 Å². The lowest BCUT2D eigenvalue weighted by Crippen LogP contribution is -2.47. The van der Waals surface area contributed by atoms with Gasteiger partial charge in [-0.2, -0.15) is 0 Å². The Hall–Kier alpha value is 0.0300. The Morgan fingerprint density at radius 3 is 2.74 bits per heavy atom. The van der Waals surface area contributed by atoms with Crippen molar-refractivity contribution >= 4 is 21.7 Å². The van der Waals surface area contributed by atoms with E-state index in [0.29, 0.717) is 13.2 Å². The van der Waals surface area contributed by atoms with Gasteiger partial charge in [-0.05, 0) is 25.2 Å². The number of ether oxygens (including phenoxy) is 2. The molecular formula is C14H19BrO4. The summed E-state index contributed by atoms with van der Waals surface area (Å²) in [5, 5.41) is 10.2. The van der Waals surface area contributed by atoms with Crippen LogP contribution in [0.3, 0.4) is 0 Å². The van der Waals surface area contributed by atoms with E-state index in [1.807, 2.05) is 0 Å². The van der Waals surface area contributed by atoms with Crippen LogP contribution in [0.2, 0.25) is 0 Å². The van der Waals surface area contributed by atoms with Gasteiger partial charge in [0.2, 0.25) is 0 Å². The number of carbonyl (C=O) groups is 1. The van der Waals surface area contributed by atoms with Gasteiger partial charge in [-0.25, -0.2) is 0 Å². The van der Waals surface area contributed by atoms with Crippen LogP contribution in [0.5, 0.6) is 0 Å². The third kappa shape index (κ3) is 1.53. The van der Waals surface area contributed by atoms with Crippen LogP contribution in [-0.4, -0.2) is 40.8 Å². The fourth-order valence-corrected chi connectivity index (χ4v) is 5.96. The molecule has 3 saturated carbocycles. The molecule has 5 heteroatoms. The Morgan fingerprint density at radius 1 is 1.26 bits per heavy atom. The number of Topliss-reactive ketones (excluding diaryl/α,β-unsaturated/α-hetero) is 1. The first-order valence-corrected chi connectivity index (χ1v) is 8.20. The van der Waals surface area contributed by atoms with E-state index >= 15 is 0 Å². The molecule has 1 aliphatic heterocycles. The summed E-state index contributed by atoms with van der Waals surface area (Å²) in [5.74, 6) is -0.161. The van der Waals surface area contributed by atoms with Crippen molar-refractivity contribution in [3.63, 3.8) is 0 Å². The van der Waals surface area contributed by atoms with Gasteiger partial charge in [-0.15, -0.1) is 0 Å².